The zero-order valence-corrected chi connectivity index (χ0v) is 9.38. The average molecular weight is 238 g/mol. The van der Waals surface area contributed by atoms with Gasteiger partial charge in [-0.25, -0.2) is 4.79 Å². The van der Waals surface area contributed by atoms with E-state index in [2.05, 4.69) is 0 Å². The molecule has 0 radical (unpaired) electrons. The van der Waals surface area contributed by atoms with Gasteiger partial charge in [0.15, 0.2) is 12.7 Å². The molecule has 6 heteroatoms. The summed E-state index contributed by atoms with van der Waals surface area (Å²) in [7, 11) is 0. The average Bonchev–Trinajstić information content (AvgIpc) is 2.26. The van der Waals surface area contributed by atoms with Gasteiger partial charge >= 0.3 is 5.97 Å². The van der Waals surface area contributed by atoms with E-state index in [-0.39, 0.29) is 6.61 Å². The third-order valence-corrected chi connectivity index (χ3v) is 1.92. The topological polar surface area (TPSA) is 105 Å². The molecule has 1 amide bonds. The molecular formula is C11H14N2O4. The van der Waals surface area contributed by atoms with Gasteiger partial charge in [0.2, 0.25) is 0 Å². The van der Waals surface area contributed by atoms with Crippen LogP contribution in [-0.2, 0) is 14.3 Å². The summed E-state index contributed by atoms with van der Waals surface area (Å²) >= 11 is 0. The number of esters is 1. The Kier molecular flexibility index (Phi) is 4.33. The third-order valence-electron chi connectivity index (χ3n) is 1.92. The molecule has 0 fully saturated rings. The van der Waals surface area contributed by atoms with Gasteiger partial charge < -0.3 is 20.9 Å². The van der Waals surface area contributed by atoms with Crippen molar-refractivity contribution in [2.24, 2.45) is 5.73 Å². The lowest BCUT2D eigenvalue weighted by molar-refractivity contribution is -0.155. The van der Waals surface area contributed by atoms with Crippen LogP contribution in [0.2, 0.25) is 0 Å². The van der Waals surface area contributed by atoms with Gasteiger partial charge in [0.05, 0.1) is 0 Å². The standard InChI is InChI=1S/C11H14N2O4/c1-7(11(13)15)17-10(14)6-16-9-4-2-3-8(12)5-9/h2-5,7H,6,12H2,1H3,(H2,13,15). The molecule has 1 unspecified atom stereocenters. The summed E-state index contributed by atoms with van der Waals surface area (Å²) in [6.07, 6.45) is -0.966. The Balaban J connectivity index is 2.41. The third kappa shape index (κ3) is 4.42. The van der Waals surface area contributed by atoms with Crippen molar-refractivity contribution in [3.63, 3.8) is 0 Å². The Bertz CT molecular complexity index is 420. The summed E-state index contributed by atoms with van der Waals surface area (Å²) in [4.78, 5) is 21.9. The van der Waals surface area contributed by atoms with Gasteiger partial charge in [-0.1, -0.05) is 6.07 Å². The van der Waals surface area contributed by atoms with E-state index in [1.54, 1.807) is 24.3 Å². The molecule has 17 heavy (non-hydrogen) atoms. The van der Waals surface area contributed by atoms with E-state index < -0.39 is 18.0 Å². The van der Waals surface area contributed by atoms with Crippen molar-refractivity contribution in [1.29, 1.82) is 0 Å². The normalized spacial score (nSPS) is 11.6. The summed E-state index contributed by atoms with van der Waals surface area (Å²) < 4.78 is 9.82. The van der Waals surface area contributed by atoms with Crippen LogP contribution in [-0.4, -0.2) is 24.6 Å². The van der Waals surface area contributed by atoms with Crippen LogP contribution in [0.4, 0.5) is 5.69 Å². The Morgan fingerprint density at radius 1 is 1.41 bits per heavy atom. The second-order valence-corrected chi connectivity index (χ2v) is 3.40. The zero-order valence-electron chi connectivity index (χ0n) is 9.38. The number of nitrogen functional groups attached to an aromatic ring is 1. The molecule has 0 aliphatic rings. The van der Waals surface area contributed by atoms with Gasteiger partial charge in [-0.15, -0.1) is 0 Å². The molecule has 0 aromatic heterocycles. The van der Waals surface area contributed by atoms with Crippen LogP contribution in [0, 0.1) is 0 Å². The van der Waals surface area contributed by atoms with E-state index in [0.29, 0.717) is 11.4 Å². The summed E-state index contributed by atoms with van der Waals surface area (Å²) in [5.74, 6) is -0.922. The Hall–Kier alpha value is -2.24. The first-order valence-corrected chi connectivity index (χ1v) is 4.96. The Morgan fingerprint density at radius 3 is 2.71 bits per heavy atom. The Morgan fingerprint density at radius 2 is 2.12 bits per heavy atom. The van der Waals surface area contributed by atoms with Crippen molar-refractivity contribution in [3.05, 3.63) is 24.3 Å². The number of hydrogen-bond donors (Lipinski definition) is 2. The van der Waals surface area contributed by atoms with Crippen molar-refractivity contribution >= 4 is 17.6 Å². The Labute approximate surface area is 98.5 Å². The number of nitrogens with two attached hydrogens (primary N) is 2. The van der Waals surface area contributed by atoms with Crippen LogP contribution in [0.15, 0.2) is 24.3 Å². The highest BCUT2D eigenvalue weighted by Gasteiger charge is 2.14. The van der Waals surface area contributed by atoms with Gasteiger partial charge in [0, 0.05) is 11.8 Å². The van der Waals surface area contributed by atoms with E-state index >= 15 is 0 Å². The van der Waals surface area contributed by atoms with Crippen LogP contribution in [0.25, 0.3) is 0 Å². The molecule has 1 aromatic carbocycles. The highest BCUT2D eigenvalue weighted by atomic mass is 16.6. The maximum absolute atomic E-state index is 11.2. The van der Waals surface area contributed by atoms with Crippen LogP contribution in [0.5, 0.6) is 5.75 Å². The molecule has 0 bridgehead atoms. The molecule has 0 saturated carbocycles. The summed E-state index contributed by atoms with van der Waals surface area (Å²) in [6, 6.07) is 6.62. The molecule has 92 valence electrons. The maximum atomic E-state index is 11.2. The molecule has 1 rings (SSSR count). The lowest BCUT2D eigenvalue weighted by atomic mass is 10.3. The largest absolute Gasteiger partial charge is 0.482 e. The number of anilines is 1. The number of carbonyl (C=O) groups is 2. The zero-order chi connectivity index (χ0) is 12.8. The number of hydrogen-bond acceptors (Lipinski definition) is 5. The quantitative estimate of drug-likeness (QED) is 0.557. The first-order chi connectivity index (χ1) is 7.99. The second-order valence-electron chi connectivity index (χ2n) is 3.40. The van der Waals surface area contributed by atoms with E-state index in [4.69, 9.17) is 20.9 Å². The fourth-order valence-corrected chi connectivity index (χ4v) is 1.04. The van der Waals surface area contributed by atoms with Gasteiger partial charge in [-0.05, 0) is 19.1 Å². The van der Waals surface area contributed by atoms with Crippen molar-refractivity contribution in [1.82, 2.24) is 0 Å². The van der Waals surface area contributed by atoms with Gasteiger partial charge in [0.1, 0.15) is 5.75 Å². The van der Waals surface area contributed by atoms with Crippen molar-refractivity contribution in [2.75, 3.05) is 12.3 Å². The predicted octanol–water partition coefficient (Wildman–Crippen LogP) is 0.0646. The smallest absolute Gasteiger partial charge is 0.344 e. The van der Waals surface area contributed by atoms with Crippen LogP contribution < -0.4 is 16.2 Å². The molecule has 0 saturated heterocycles. The fourth-order valence-electron chi connectivity index (χ4n) is 1.04. The van der Waals surface area contributed by atoms with E-state index in [0.717, 1.165) is 0 Å². The fraction of sp³-hybridized carbons (Fsp3) is 0.273. The number of benzene rings is 1. The minimum absolute atomic E-state index is 0.304. The molecule has 0 aliphatic heterocycles. The van der Waals surface area contributed by atoms with Gasteiger partial charge in [0.25, 0.3) is 5.91 Å². The highest BCUT2D eigenvalue weighted by molar-refractivity contribution is 5.82. The van der Waals surface area contributed by atoms with Crippen LogP contribution >= 0.6 is 0 Å². The lowest BCUT2D eigenvalue weighted by Crippen LogP contribution is -2.32. The number of primary amides is 1. The molecule has 1 atom stereocenters. The van der Waals surface area contributed by atoms with Crippen molar-refractivity contribution in [2.45, 2.75) is 13.0 Å². The number of ether oxygens (including phenoxy) is 2. The van der Waals surface area contributed by atoms with Gasteiger partial charge in [-0.2, -0.15) is 0 Å². The molecule has 0 aliphatic carbocycles. The highest BCUT2D eigenvalue weighted by Crippen LogP contribution is 2.14. The molecule has 6 nitrogen and oxygen atoms in total. The molecular weight excluding hydrogens is 224 g/mol. The van der Waals surface area contributed by atoms with Crippen LogP contribution in [0.1, 0.15) is 6.92 Å². The number of rotatable bonds is 5. The SMILES string of the molecule is CC(OC(=O)COc1cccc(N)c1)C(N)=O. The first-order valence-electron chi connectivity index (χ1n) is 4.96. The number of amides is 1. The van der Waals surface area contributed by atoms with Gasteiger partial charge in [-0.3, -0.25) is 4.79 Å². The summed E-state index contributed by atoms with van der Waals surface area (Å²) in [5.41, 5.74) is 11.0. The van der Waals surface area contributed by atoms with Crippen molar-refractivity contribution in [3.8, 4) is 5.75 Å². The van der Waals surface area contributed by atoms with E-state index in [9.17, 15) is 9.59 Å². The predicted molar refractivity (Wildman–Crippen MR) is 61.1 cm³/mol. The molecule has 0 heterocycles. The van der Waals surface area contributed by atoms with E-state index in [1.807, 2.05) is 0 Å². The summed E-state index contributed by atoms with van der Waals surface area (Å²) in [6.45, 7) is 1.09. The molecule has 4 N–H and O–H groups in total. The first kappa shape index (κ1) is 12.8. The molecule has 1 aromatic rings. The summed E-state index contributed by atoms with van der Waals surface area (Å²) in [5, 5.41) is 0. The molecule has 0 spiro atoms. The van der Waals surface area contributed by atoms with Crippen LogP contribution in [0.3, 0.4) is 0 Å². The minimum atomic E-state index is -0.966. The monoisotopic (exact) mass is 238 g/mol. The number of carbonyl (C=O) groups excluding carboxylic acids is 2. The lowest BCUT2D eigenvalue weighted by Gasteiger charge is -2.10. The maximum Gasteiger partial charge on any atom is 0.344 e. The van der Waals surface area contributed by atoms with E-state index in [1.165, 1.54) is 6.92 Å². The minimum Gasteiger partial charge on any atom is -0.482 e. The second kappa shape index (κ2) is 5.74. The van der Waals surface area contributed by atoms with Crippen molar-refractivity contribution < 1.29 is 19.1 Å².